The minimum atomic E-state index is -0.629. The molecule has 0 aliphatic rings. The summed E-state index contributed by atoms with van der Waals surface area (Å²) in [5.41, 5.74) is 5.93. The van der Waals surface area contributed by atoms with Gasteiger partial charge < -0.3 is 10.5 Å². The van der Waals surface area contributed by atoms with Gasteiger partial charge in [0.2, 0.25) is 0 Å². The van der Waals surface area contributed by atoms with E-state index in [9.17, 15) is 4.79 Å². The van der Waals surface area contributed by atoms with Gasteiger partial charge in [-0.2, -0.15) is 0 Å². The van der Waals surface area contributed by atoms with Crippen molar-refractivity contribution in [1.29, 1.82) is 0 Å². The summed E-state index contributed by atoms with van der Waals surface area (Å²) in [5.74, 6) is 0.137. The maximum atomic E-state index is 10.8. The van der Waals surface area contributed by atoms with E-state index in [0.717, 1.165) is 5.56 Å². The summed E-state index contributed by atoms with van der Waals surface area (Å²) in [4.78, 5) is 10.8. The van der Waals surface area contributed by atoms with Gasteiger partial charge in [-0.25, -0.2) is 0 Å². The van der Waals surface area contributed by atoms with E-state index >= 15 is 0 Å². The lowest BCUT2D eigenvalue weighted by Crippen LogP contribution is -2.30. The van der Waals surface area contributed by atoms with E-state index in [1.807, 2.05) is 18.2 Å². The van der Waals surface area contributed by atoms with Crippen LogP contribution in [0.1, 0.15) is 12.5 Å². The lowest BCUT2D eigenvalue weighted by atomic mass is 10.2. The predicted octanol–water partition coefficient (Wildman–Crippen LogP) is 1.58. The fourth-order valence-electron chi connectivity index (χ4n) is 1.01. The minimum Gasteiger partial charge on any atom is -0.480 e. The van der Waals surface area contributed by atoms with Gasteiger partial charge in [0, 0.05) is 5.56 Å². The van der Waals surface area contributed by atoms with E-state index in [1.54, 1.807) is 19.1 Å². The van der Waals surface area contributed by atoms with Crippen LogP contribution in [0.15, 0.2) is 30.8 Å². The lowest BCUT2D eigenvalue weighted by Gasteiger charge is -2.12. The Morgan fingerprint density at radius 2 is 2.21 bits per heavy atom. The van der Waals surface area contributed by atoms with Gasteiger partial charge in [0.25, 0.3) is 5.91 Å². The second-order valence-corrected chi connectivity index (χ2v) is 2.90. The fourth-order valence-corrected chi connectivity index (χ4v) is 1.01. The smallest absolute Gasteiger partial charge is 0.258 e. The zero-order chi connectivity index (χ0) is 10.6. The van der Waals surface area contributed by atoms with Crippen LogP contribution in [0.25, 0.3) is 6.08 Å². The van der Waals surface area contributed by atoms with Crippen LogP contribution in [0.4, 0.5) is 0 Å². The van der Waals surface area contributed by atoms with Gasteiger partial charge >= 0.3 is 0 Å². The number of primary amides is 1. The van der Waals surface area contributed by atoms with Crippen molar-refractivity contribution in [2.75, 3.05) is 0 Å². The predicted molar refractivity (Wildman–Crippen MR) is 55.8 cm³/mol. The van der Waals surface area contributed by atoms with Gasteiger partial charge in [0.15, 0.2) is 6.10 Å². The van der Waals surface area contributed by atoms with Crippen LogP contribution in [0.2, 0.25) is 0 Å². The Labute approximate surface area is 83.2 Å². The lowest BCUT2D eigenvalue weighted by molar-refractivity contribution is -0.123. The van der Waals surface area contributed by atoms with Crippen LogP contribution in [-0.2, 0) is 4.79 Å². The average molecular weight is 191 g/mol. The molecule has 14 heavy (non-hydrogen) atoms. The summed E-state index contributed by atoms with van der Waals surface area (Å²) in [5, 5.41) is 0. The molecule has 2 N–H and O–H groups in total. The molecule has 1 aromatic carbocycles. The number of rotatable bonds is 4. The number of ether oxygens (including phenoxy) is 1. The van der Waals surface area contributed by atoms with Gasteiger partial charge in [-0.15, -0.1) is 0 Å². The molecule has 0 bridgehead atoms. The van der Waals surface area contributed by atoms with Crippen LogP contribution in [-0.4, -0.2) is 12.0 Å². The Morgan fingerprint density at radius 1 is 1.57 bits per heavy atom. The molecular weight excluding hydrogens is 178 g/mol. The van der Waals surface area contributed by atoms with Gasteiger partial charge in [-0.1, -0.05) is 30.9 Å². The molecule has 0 heterocycles. The molecule has 1 atom stereocenters. The monoisotopic (exact) mass is 191 g/mol. The third kappa shape index (κ3) is 2.36. The average Bonchev–Trinajstić information content (AvgIpc) is 2.18. The maximum Gasteiger partial charge on any atom is 0.258 e. The maximum absolute atomic E-state index is 10.8. The largest absolute Gasteiger partial charge is 0.480 e. The van der Waals surface area contributed by atoms with Gasteiger partial charge in [-0.3, -0.25) is 4.79 Å². The van der Waals surface area contributed by atoms with Gasteiger partial charge in [0.05, 0.1) is 0 Å². The molecule has 1 amide bonds. The van der Waals surface area contributed by atoms with Crippen molar-refractivity contribution in [3.63, 3.8) is 0 Å². The summed E-state index contributed by atoms with van der Waals surface area (Å²) in [6.07, 6.45) is 1.04. The molecule has 0 spiro atoms. The summed E-state index contributed by atoms with van der Waals surface area (Å²) < 4.78 is 5.35. The Bertz CT molecular complexity index is 347. The number of carbonyl (C=O) groups excluding carboxylic acids is 1. The highest BCUT2D eigenvalue weighted by atomic mass is 16.5. The van der Waals surface area contributed by atoms with Crippen molar-refractivity contribution in [1.82, 2.24) is 0 Å². The van der Waals surface area contributed by atoms with Crippen LogP contribution >= 0.6 is 0 Å². The van der Waals surface area contributed by atoms with Crippen molar-refractivity contribution in [3.8, 4) is 5.75 Å². The molecule has 3 heteroatoms. The standard InChI is InChI=1S/C11H13NO2/c1-3-9-6-4-5-7-10(9)14-8(2)11(12)13/h3-8H,1H2,2H3,(H2,12,13). The summed E-state index contributed by atoms with van der Waals surface area (Å²) >= 11 is 0. The van der Waals surface area contributed by atoms with E-state index in [1.165, 1.54) is 0 Å². The highest BCUT2D eigenvalue weighted by Crippen LogP contribution is 2.19. The van der Waals surface area contributed by atoms with Crippen molar-refractivity contribution in [3.05, 3.63) is 36.4 Å². The van der Waals surface area contributed by atoms with Crippen LogP contribution < -0.4 is 10.5 Å². The summed E-state index contributed by atoms with van der Waals surface area (Å²) in [6, 6.07) is 7.33. The van der Waals surface area contributed by atoms with Crippen LogP contribution in [0.3, 0.4) is 0 Å². The first-order valence-electron chi connectivity index (χ1n) is 4.32. The molecule has 0 aromatic heterocycles. The number of benzene rings is 1. The van der Waals surface area contributed by atoms with E-state index in [4.69, 9.17) is 10.5 Å². The van der Waals surface area contributed by atoms with Gasteiger partial charge in [0.1, 0.15) is 5.75 Å². The first-order chi connectivity index (χ1) is 6.65. The number of nitrogens with two attached hydrogens (primary N) is 1. The highest BCUT2D eigenvalue weighted by Gasteiger charge is 2.11. The summed E-state index contributed by atoms with van der Waals surface area (Å²) in [7, 11) is 0. The number of carbonyl (C=O) groups is 1. The zero-order valence-electron chi connectivity index (χ0n) is 8.07. The van der Waals surface area contributed by atoms with Crippen molar-refractivity contribution >= 4 is 12.0 Å². The molecule has 0 aliphatic carbocycles. The molecule has 0 radical (unpaired) electrons. The van der Waals surface area contributed by atoms with E-state index in [-0.39, 0.29) is 0 Å². The van der Waals surface area contributed by atoms with E-state index in [2.05, 4.69) is 6.58 Å². The normalized spacial score (nSPS) is 11.8. The molecule has 1 aromatic rings. The Morgan fingerprint density at radius 3 is 2.79 bits per heavy atom. The SMILES string of the molecule is C=Cc1ccccc1OC(C)C(N)=O. The first-order valence-corrected chi connectivity index (χ1v) is 4.32. The van der Waals surface area contributed by atoms with Gasteiger partial charge in [-0.05, 0) is 13.0 Å². The molecule has 0 aliphatic heterocycles. The molecule has 74 valence electrons. The third-order valence-corrected chi connectivity index (χ3v) is 1.84. The van der Waals surface area contributed by atoms with Crippen molar-refractivity contribution < 1.29 is 9.53 Å². The quantitative estimate of drug-likeness (QED) is 0.785. The fraction of sp³-hybridized carbons (Fsp3) is 0.182. The topological polar surface area (TPSA) is 52.3 Å². The van der Waals surface area contributed by atoms with Crippen LogP contribution in [0, 0.1) is 0 Å². The summed E-state index contributed by atoms with van der Waals surface area (Å²) in [6.45, 7) is 5.26. The van der Waals surface area contributed by atoms with E-state index < -0.39 is 12.0 Å². The number of amides is 1. The molecule has 0 saturated heterocycles. The van der Waals surface area contributed by atoms with Crippen LogP contribution in [0.5, 0.6) is 5.75 Å². The second-order valence-electron chi connectivity index (χ2n) is 2.90. The molecule has 0 saturated carbocycles. The van der Waals surface area contributed by atoms with Crippen molar-refractivity contribution in [2.45, 2.75) is 13.0 Å². The first kappa shape index (κ1) is 10.3. The number of para-hydroxylation sites is 1. The molecule has 0 fully saturated rings. The number of hydrogen-bond acceptors (Lipinski definition) is 2. The number of hydrogen-bond donors (Lipinski definition) is 1. The minimum absolute atomic E-state index is 0.483. The highest BCUT2D eigenvalue weighted by molar-refractivity contribution is 5.78. The Hall–Kier alpha value is -1.77. The second kappa shape index (κ2) is 4.46. The third-order valence-electron chi connectivity index (χ3n) is 1.84. The zero-order valence-corrected chi connectivity index (χ0v) is 8.07. The molecule has 3 nitrogen and oxygen atoms in total. The molecular formula is C11H13NO2. The van der Waals surface area contributed by atoms with Crippen molar-refractivity contribution in [2.24, 2.45) is 5.73 Å². The molecule has 1 unspecified atom stereocenters. The molecule has 1 rings (SSSR count). The van der Waals surface area contributed by atoms with E-state index in [0.29, 0.717) is 5.75 Å². The Kier molecular flexibility index (Phi) is 3.29. The Balaban J connectivity index is 2.85.